The van der Waals surface area contributed by atoms with Crippen molar-refractivity contribution in [2.24, 2.45) is 0 Å². The summed E-state index contributed by atoms with van der Waals surface area (Å²) in [6.45, 7) is 0. The third-order valence-corrected chi connectivity index (χ3v) is 1.95. The van der Waals surface area contributed by atoms with Gasteiger partial charge < -0.3 is 5.11 Å². The molecule has 1 aliphatic heterocycles. The number of aliphatic carboxylic acids is 1. The number of hydrogen-bond acceptors (Lipinski definition) is 3. The molecule has 1 heterocycles. The van der Waals surface area contributed by atoms with Crippen LogP contribution in [0, 0.1) is 0 Å². The van der Waals surface area contributed by atoms with Crippen LogP contribution >= 0.6 is 11.8 Å². The Labute approximate surface area is 70.3 Å². The second-order valence-electron chi connectivity index (χ2n) is 1.61. The average Bonchev–Trinajstić information content (AvgIpc) is 2.12. The summed E-state index contributed by atoms with van der Waals surface area (Å²) in [5.74, 6) is 0.738. The van der Waals surface area contributed by atoms with Crippen LogP contribution in [0.15, 0.2) is 0 Å². The van der Waals surface area contributed by atoms with Gasteiger partial charge in [0.05, 0.1) is 0 Å². The zero-order valence-electron chi connectivity index (χ0n) is 4.96. The molecular weight excluding hydrogens is 192 g/mol. The average molecular weight is 199 g/mol. The molecule has 0 aromatic heterocycles. The van der Waals surface area contributed by atoms with E-state index in [2.05, 4.69) is 5.32 Å². The maximum Gasteiger partial charge on any atom is 0.321 e. The van der Waals surface area contributed by atoms with Gasteiger partial charge in [0.1, 0.15) is 6.04 Å². The topological polar surface area (TPSA) is 49.3 Å². The van der Waals surface area contributed by atoms with Crippen molar-refractivity contribution in [3.8, 4) is 0 Å². The second-order valence-corrected chi connectivity index (χ2v) is 2.64. The minimum Gasteiger partial charge on any atom is -0.480 e. The summed E-state index contributed by atoms with van der Waals surface area (Å²) in [6, 6.07) is -0.306. The Morgan fingerprint density at radius 2 is 2.44 bits per heavy atom. The van der Waals surface area contributed by atoms with E-state index in [-0.39, 0.29) is 25.5 Å². The van der Waals surface area contributed by atoms with Gasteiger partial charge in [0.2, 0.25) is 0 Å². The summed E-state index contributed by atoms with van der Waals surface area (Å²) >= 11 is 1.62. The van der Waals surface area contributed by atoms with E-state index in [9.17, 15) is 4.79 Å². The first kappa shape index (κ1) is 9.40. The molecule has 1 rings (SSSR count). The van der Waals surface area contributed by atoms with E-state index in [1.54, 1.807) is 11.8 Å². The van der Waals surface area contributed by atoms with Crippen LogP contribution in [0.25, 0.3) is 0 Å². The largest absolute Gasteiger partial charge is 0.480 e. The third-order valence-electron chi connectivity index (χ3n) is 1.01. The van der Waals surface area contributed by atoms with E-state index in [1.807, 2.05) is 0 Å². The molecule has 1 atom stereocenters. The molecule has 2 N–H and O–H groups in total. The van der Waals surface area contributed by atoms with E-state index < -0.39 is 5.97 Å². The van der Waals surface area contributed by atoms with Gasteiger partial charge in [-0.05, 0) is 0 Å². The molecule has 0 aromatic carbocycles. The van der Waals surface area contributed by atoms with Crippen LogP contribution in [0.3, 0.4) is 0 Å². The summed E-state index contributed by atoms with van der Waals surface area (Å²) in [6.07, 6.45) is 0. The molecule has 3 nitrogen and oxygen atoms in total. The first-order chi connectivity index (χ1) is 3.80. The molecule has 0 spiro atoms. The van der Waals surface area contributed by atoms with Crippen LogP contribution in [0.1, 0.15) is 0 Å². The first-order valence-electron chi connectivity index (χ1n) is 2.34. The molecule has 1 fully saturated rings. The summed E-state index contributed by atoms with van der Waals surface area (Å²) in [5, 5.41) is 11.2. The molecule has 0 amide bonds. The fraction of sp³-hybridized carbons (Fsp3) is 0.750. The quantitative estimate of drug-likeness (QED) is 0.570. The Morgan fingerprint density at radius 1 is 1.78 bits per heavy atom. The SMILES string of the molecule is O=C(O)C1CSCN1.[Zn]. The molecule has 0 radical (unpaired) electrons. The zero-order valence-corrected chi connectivity index (χ0v) is 8.75. The van der Waals surface area contributed by atoms with Crippen LogP contribution in [0.2, 0.25) is 0 Å². The molecular formula is C4H7NO2SZn. The van der Waals surface area contributed by atoms with Crippen LogP contribution in [0.5, 0.6) is 0 Å². The standard InChI is InChI=1S/C4H7NO2S.Zn/c6-4(7)3-1-8-2-5-3;/h3,5H,1-2H2,(H,6,7);. The minimum absolute atomic E-state index is 0. The second kappa shape index (κ2) is 4.26. The molecule has 1 unspecified atom stereocenters. The molecule has 0 bridgehead atoms. The van der Waals surface area contributed by atoms with Gasteiger partial charge in [0, 0.05) is 31.1 Å². The van der Waals surface area contributed by atoms with Crippen molar-refractivity contribution in [1.82, 2.24) is 5.32 Å². The van der Waals surface area contributed by atoms with Gasteiger partial charge in [-0.25, -0.2) is 0 Å². The predicted octanol–water partition coefficient (Wildman–Crippen LogP) is -0.269. The zero-order chi connectivity index (χ0) is 5.98. The van der Waals surface area contributed by atoms with Gasteiger partial charge in [-0.15, -0.1) is 11.8 Å². The van der Waals surface area contributed by atoms with Gasteiger partial charge in [-0.1, -0.05) is 0 Å². The molecule has 5 heteroatoms. The maximum atomic E-state index is 10.1. The Kier molecular flexibility index (Phi) is 4.45. The number of carboxylic acid groups (broad SMARTS) is 1. The van der Waals surface area contributed by atoms with Crippen molar-refractivity contribution >= 4 is 17.7 Å². The van der Waals surface area contributed by atoms with Crippen LogP contribution in [-0.4, -0.2) is 28.7 Å². The predicted molar refractivity (Wildman–Crippen MR) is 31.9 cm³/mol. The Balaban J connectivity index is 0.000000640. The first-order valence-corrected chi connectivity index (χ1v) is 3.50. The fourth-order valence-electron chi connectivity index (χ4n) is 0.554. The van der Waals surface area contributed by atoms with Crippen molar-refractivity contribution in [3.05, 3.63) is 0 Å². The Bertz CT molecular complexity index is 105. The van der Waals surface area contributed by atoms with Gasteiger partial charge in [-0.3, -0.25) is 10.1 Å². The Hall–Kier alpha value is 0.403. The molecule has 9 heavy (non-hydrogen) atoms. The minimum atomic E-state index is -0.741. The number of nitrogens with one attached hydrogen (secondary N) is 1. The van der Waals surface area contributed by atoms with E-state index in [4.69, 9.17) is 5.11 Å². The molecule has 0 aliphatic carbocycles. The van der Waals surface area contributed by atoms with Crippen molar-refractivity contribution in [3.63, 3.8) is 0 Å². The van der Waals surface area contributed by atoms with E-state index in [0.29, 0.717) is 5.75 Å². The number of hydrogen-bond donors (Lipinski definition) is 2. The van der Waals surface area contributed by atoms with Crippen molar-refractivity contribution in [2.45, 2.75) is 6.04 Å². The molecule has 0 aromatic rings. The van der Waals surface area contributed by atoms with Gasteiger partial charge in [-0.2, -0.15) is 0 Å². The summed E-state index contributed by atoms with van der Waals surface area (Å²) in [4.78, 5) is 10.1. The number of rotatable bonds is 1. The van der Waals surface area contributed by atoms with Gasteiger partial charge in [0.25, 0.3) is 0 Å². The number of carbonyl (C=O) groups is 1. The monoisotopic (exact) mass is 197 g/mol. The summed E-state index contributed by atoms with van der Waals surface area (Å²) in [7, 11) is 0. The summed E-state index contributed by atoms with van der Waals surface area (Å²) < 4.78 is 0. The fourth-order valence-corrected chi connectivity index (χ4v) is 1.49. The summed E-state index contributed by atoms with van der Waals surface area (Å²) in [5.41, 5.74) is 0. The third kappa shape index (κ3) is 2.65. The number of carboxylic acids is 1. The Morgan fingerprint density at radius 3 is 2.67 bits per heavy atom. The molecule has 1 aliphatic rings. The molecule has 0 saturated carbocycles. The smallest absolute Gasteiger partial charge is 0.321 e. The number of thioether (sulfide) groups is 1. The van der Waals surface area contributed by atoms with Gasteiger partial charge >= 0.3 is 5.97 Å². The van der Waals surface area contributed by atoms with E-state index in [1.165, 1.54) is 0 Å². The van der Waals surface area contributed by atoms with Crippen molar-refractivity contribution in [1.29, 1.82) is 0 Å². The van der Waals surface area contributed by atoms with Crippen molar-refractivity contribution in [2.75, 3.05) is 11.6 Å². The maximum absolute atomic E-state index is 10.1. The normalized spacial score (nSPS) is 25.1. The molecule has 1 saturated heterocycles. The van der Waals surface area contributed by atoms with Crippen LogP contribution in [-0.2, 0) is 24.3 Å². The van der Waals surface area contributed by atoms with E-state index in [0.717, 1.165) is 5.88 Å². The van der Waals surface area contributed by atoms with Crippen LogP contribution < -0.4 is 5.32 Å². The van der Waals surface area contributed by atoms with E-state index >= 15 is 0 Å². The van der Waals surface area contributed by atoms with Gasteiger partial charge in [0.15, 0.2) is 0 Å². The molecule has 48 valence electrons. The van der Waals surface area contributed by atoms with Crippen molar-refractivity contribution < 1.29 is 29.4 Å². The van der Waals surface area contributed by atoms with Crippen LogP contribution in [0.4, 0.5) is 0 Å².